The zero-order valence-corrected chi connectivity index (χ0v) is 13.5. The van der Waals surface area contributed by atoms with Crippen LogP contribution in [-0.2, 0) is 0 Å². The summed E-state index contributed by atoms with van der Waals surface area (Å²) in [5, 5.41) is 10.8. The van der Waals surface area contributed by atoms with Gasteiger partial charge in [0.2, 0.25) is 0 Å². The lowest BCUT2D eigenvalue weighted by molar-refractivity contribution is -0.385. The number of rotatable bonds is 7. The van der Waals surface area contributed by atoms with E-state index in [1.807, 2.05) is 6.92 Å². The Labute approximate surface area is 131 Å². The van der Waals surface area contributed by atoms with Crippen molar-refractivity contribution in [1.29, 1.82) is 0 Å². The molecule has 1 rings (SSSR count). The van der Waals surface area contributed by atoms with E-state index in [0.717, 1.165) is 12.8 Å². The third-order valence-electron chi connectivity index (χ3n) is 2.76. The number of halogens is 2. The zero-order chi connectivity index (χ0) is 15.1. The van der Waals surface area contributed by atoms with Gasteiger partial charge in [-0.25, -0.2) is 0 Å². The van der Waals surface area contributed by atoms with Crippen LogP contribution in [-0.4, -0.2) is 34.7 Å². The molecule has 1 amide bonds. The van der Waals surface area contributed by atoms with Crippen molar-refractivity contribution < 1.29 is 9.72 Å². The molecular formula is C13H16BrClN2O3. The van der Waals surface area contributed by atoms with Gasteiger partial charge in [-0.1, -0.05) is 29.3 Å². The summed E-state index contributed by atoms with van der Waals surface area (Å²) in [6, 6.07) is 4.25. The maximum Gasteiger partial charge on any atom is 0.271 e. The van der Waals surface area contributed by atoms with Gasteiger partial charge in [0, 0.05) is 41.1 Å². The van der Waals surface area contributed by atoms with Crippen molar-refractivity contribution >= 4 is 39.1 Å². The summed E-state index contributed by atoms with van der Waals surface area (Å²) >= 11 is 8.90. The molecule has 0 aromatic heterocycles. The Hall–Kier alpha value is -1.14. The summed E-state index contributed by atoms with van der Waals surface area (Å²) in [5.74, 6) is 0.106. The molecule has 7 heteroatoms. The fourth-order valence-corrected chi connectivity index (χ4v) is 2.44. The maximum absolute atomic E-state index is 12.4. The fourth-order valence-electron chi connectivity index (χ4n) is 1.75. The molecule has 0 radical (unpaired) electrons. The van der Waals surface area contributed by atoms with Crippen molar-refractivity contribution in [3.05, 3.63) is 38.3 Å². The van der Waals surface area contributed by atoms with Crippen LogP contribution in [0.4, 0.5) is 5.69 Å². The van der Waals surface area contributed by atoms with Crippen LogP contribution in [0.15, 0.2) is 22.7 Å². The second kappa shape index (κ2) is 8.21. The summed E-state index contributed by atoms with van der Waals surface area (Å²) in [6.45, 7) is 3.07. The quantitative estimate of drug-likeness (QED) is 0.420. The molecule has 0 aliphatic rings. The third-order valence-corrected chi connectivity index (χ3v) is 3.39. The van der Waals surface area contributed by atoms with Crippen molar-refractivity contribution in [2.24, 2.45) is 0 Å². The van der Waals surface area contributed by atoms with Crippen LogP contribution in [0.3, 0.4) is 0 Å². The van der Waals surface area contributed by atoms with Gasteiger partial charge >= 0.3 is 0 Å². The number of hydrogen-bond donors (Lipinski definition) is 0. The summed E-state index contributed by atoms with van der Waals surface area (Å²) in [6.07, 6.45) is 1.84. The number of carbonyl (C=O) groups is 1. The molecule has 0 saturated carbocycles. The van der Waals surface area contributed by atoms with E-state index in [1.54, 1.807) is 11.0 Å². The van der Waals surface area contributed by atoms with Gasteiger partial charge in [0.05, 0.1) is 4.92 Å². The highest BCUT2D eigenvalue weighted by Gasteiger charge is 2.18. The van der Waals surface area contributed by atoms with E-state index < -0.39 is 4.92 Å². The largest absolute Gasteiger partial charge is 0.337 e. The summed E-state index contributed by atoms with van der Waals surface area (Å²) in [5.41, 5.74) is 0.191. The number of hydrogen-bond acceptors (Lipinski definition) is 3. The zero-order valence-electron chi connectivity index (χ0n) is 11.1. The van der Waals surface area contributed by atoms with E-state index in [2.05, 4.69) is 15.9 Å². The Bertz CT molecular complexity index is 497. The molecule has 0 spiro atoms. The molecule has 0 saturated heterocycles. The Morgan fingerprint density at radius 2 is 2.10 bits per heavy atom. The SMILES string of the molecule is CCCCN(CCCl)C(=O)c1cc(Br)cc([N+](=O)[O-])c1. The number of nitrogens with zero attached hydrogens (tertiary/aromatic N) is 2. The highest BCUT2D eigenvalue weighted by molar-refractivity contribution is 9.10. The summed E-state index contributed by atoms with van der Waals surface area (Å²) < 4.78 is 0.511. The summed E-state index contributed by atoms with van der Waals surface area (Å²) in [4.78, 5) is 24.3. The van der Waals surface area contributed by atoms with Gasteiger partial charge in [-0.15, -0.1) is 11.6 Å². The second-order valence-corrected chi connectivity index (χ2v) is 5.58. The minimum absolute atomic E-state index is 0.107. The highest BCUT2D eigenvalue weighted by atomic mass is 79.9. The van der Waals surface area contributed by atoms with E-state index in [4.69, 9.17) is 11.6 Å². The number of carbonyl (C=O) groups excluding carboxylic acids is 1. The van der Waals surface area contributed by atoms with Gasteiger partial charge in [-0.05, 0) is 12.5 Å². The average molecular weight is 364 g/mol. The minimum atomic E-state index is -0.514. The molecule has 0 atom stereocenters. The molecule has 1 aromatic carbocycles. The average Bonchev–Trinajstić information content (AvgIpc) is 2.42. The highest BCUT2D eigenvalue weighted by Crippen LogP contribution is 2.22. The lowest BCUT2D eigenvalue weighted by Gasteiger charge is -2.21. The number of benzene rings is 1. The van der Waals surface area contributed by atoms with E-state index in [9.17, 15) is 14.9 Å². The van der Waals surface area contributed by atoms with E-state index in [-0.39, 0.29) is 11.6 Å². The number of unbranched alkanes of at least 4 members (excludes halogenated alkanes) is 1. The van der Waals surface area contributed by atoms with Crippen molar-refractivity contribution in [2.45, 2.75) is 19.8 Å². The normalized spacial score (nSPS) is 10.3. The van der Waals surface area contributed by atoms with Gasteiger partial charge in [0.25, 0.3) is 11.6 Å². The van der Waals surface area contributed by atoms with E-state index >= 15 is 0 Å². The number of nitro benzene ring substituents is 1. The lowest BCUT2D eigenvalue weighted by atomic mass is 10.1. The lowest BCUT2D eigenvalue weighted by Crippen LogP contribution is -2.33. The van der Waals surface area contributed by atoms with Gasteiger partial charge in [-0.2, -0.15) is 0 Å². The molecule has 0 N–H and O–H groups in total. The first-order valence-electron chi connectivity index (χ1n) is 6.29. The van der Waals surface area contributed by atoms with Crippen LogP contribution >= 0.6 is 27.5 Å². The van der Waals surface area contributed by atoms with Gasteiger partial charge in [0.1, 0.15) is 0 Å². The topological polar surface area (TPSA) is 63.5 Å². The fraction of sp³-hybridized carbons (Fsp3) is 0.462. The number of alkyl halides is 1. The van der Waals surface area contributed by atoms with Crippen molar-refractivity contribution in [1.82, 2.24) is 4.90 Å². The first-order chi connectivity index (χ1) is 9.49. The molecule has 20 heavy (non-hydrogen) atoms. The van der Waals surface area contributed by atoms with Crippen LogP contribution in [0.25, 0.3) is 0 Å². The first kappa shape index (κ1) is 16.9. The predicted octanol–water partition coefficient (Wildman–Crippen LogP) is 3.84. The molecule has 0 fully saturated rings. The van der Waals surface area contributed by atoms with Crippen LogP contribution in [0.1, 0.15) is 30.1 Å². The second-order valence-electron chi connectivity index (χ2n) is 4.29. The van der Waals surface area contributed by atoms with Gasteiger partial charge < -0.3 is 4.90 Å². The van der Waals surface area contributed by atoms with Gasteiger partial charge in [-0.3, -0.25) is 14.9 Å². The monoisotopic (exact) mass is 362 g/mol. The van der Waals surface area contributed by atoms with Crippen molar-refractivity contribution in [3.63, 3.8) is 0 Å². The Morgan fingerprint density at radius 3 is 2.65 bits per heavy atom. The van der Waals surface area contributed by atoms with Crippen molar-refractivity contribution in [3.8, 4) is 0 Å². The molecule has 5 nitrogen and oxygen atoms in total. The predicted molar refractivity (Wildman–Crippen MR) is 82.3 cm³/mol. The number of nitro groups is 1. The van der Waals surface area contributed by atoms with Gasteiger partial charge in [0.15, 0.2) is 0 Å². The molecule has 0 bridgehead atoms. The minimum Gasteiger partial charge on any atom is -0.337 e. The Morgan fingerprint density at radius 1 is 1.40 bits per heavy atom. The van der Waals surface area contributed by atoms with Crippen molar-refractivity contribution in [2.75, 3.05) is 19.0 Å². The van der Waals surface area contributed by atoms with Crippen LogP contribution in [0.2, 0.25) is 0 Å². The third kappa shape index (κ3) is 4.76. The molecule has 0 aliphatic heterocycles. The van der Waals surface area contributed by atoms with Crippen LogP contribution in [0.5, 0.6) is 0 Å². The Kier molecular flexibility index (Phi) is 6.95. The number of non-ortho nitro benzene ring substituents is 1. The standard InChI is InChI=1S/C13H16BrClN2O3/c1-2-3-5-16(6-4-15)13(18)10-7-11(14)9-12(8-10)17(19)20/h7-9H,2-6H2,1H3. The smallest absolute Gasteiger partial charge is 0.271 e. The maximum atomic E-state index is 12.4. The Balaban J connectivity index is 3.01. The van der Waals surface area contributed by atoms with E-state index in [0.29, 0.717) is 29.0 Å². The summed E-state index contributed by atoms with van der Waals surface area (Å²) in [7, 11) is 0. The first-order valence-corrected chi connectivity index (χ1v) is 7.62. The van der Waals surface area contributed by atoms with Crippen LogP contribution in [0, 0.1) is 10.1 Å². The van der Waals surface area contributed by atoms with E-state index in [1.165, 1.54) is 12.1 Å². The molecule has 0 heterocycles. The van der Waals surface area contributed by atoms with Crippen LogP contribution < -0.4 is 0 Å². The molecule has 0 unspecified atom stereocenters. The molecule has 110 valence electrons. The molecular weight excluding hydrogens is 348 g/mol. The molecule has 1 aromatic rings. The molecule has 0 aliphatic carbocycles. The number of amides is 1.